The van der Waals surface area contributed by atoms with Gasteiger partial charge in [0.25, 0.3) is 0 Å². The van der Waals surface area contributed by atoms with E-state index in [9.17, 15) is 0 Å². The highest BCUT2D eigenvalue weighted by molar-refractivity contribution is 7.26. The third-order valence-corrected chi connectivity index (χ3v) is 29.4. The first kappa shape index (κ1) is 66.1. The first-order valence-corrected chi connectivity index (χ1v) is 41.7. The molecule has 2 nitrogen and oxygen atoms in total. The molecule has 0 bridgehead atoms. The van der Waals surface area contributed by atoms with Gasteiger partial charge in [0.1, 0.15) is 0 Å². The average Bonchev–Trinajstić information content (AvgIpc) is 1.57. The third kappa shape index (κ3) is 10.5. The summed E-state index contributed by atoms with van der Waals surface area (Å²) in [5.41, 5.74) is 34.3. The van der Waals surface area contributed by atoms with E-state index < -0.39 is 0 Å². The van der Waals surface area contributed by atoms with Crippen LogP contribution in [0.5, 0.6) is 0 Å². The molecule has 21 rings (SSSR count). The third-order valence-electron chi connectivity index (χ3n) is 27.1. The largest absolute Gasteiger partial charge is 0.310 e. The summed E-state index contributed by atoms with van der Waals surface area (Å²) in [5, 5.41) is 5.36. The number of fused-ring (bicyclic) bond motifs is 18. The number of hydrogen-bond donors (Lipinski definition) is 0. The zero-order valence-electron chi connectivity index (χ0n) is 63.1. The van der Waals surface area contributed by atoms with Crippen molar-refractivity contribution in [3.8, 4) is 44.5 Å². The Hall–Kier alpha value is -9.32. The lowest BCUT2D eigenvalue weighted by Gasteiger charge is -2.30. The van der Waals surface area contributed by atoms with Gasteiger partial charge in [-0.1, -0.05) is 265 Å². The summed E-state index contributed by atoms with van der Waals surface area (Å²) in [4.78, 5) is 5.05. The molecule has 106 heavy (non-hydrogen) atoms. The van der Waals surface area contributed by atoms with Gasteiger partial charge in [0.2, 0.25) is 0 Å². The SMILES string of the molecule is CC1(C)c2cc(C3CCCCC3)ccc2-c2ccc(N(c3ccc4c(c3)C(C)(C)c3cc(C5CCCCC5)ccc3-4)c3ccc4c(c3)sc3ccccc34)cc21.CC1(C)c2ccccc2-c2ccc(N(c3ccc4c(c3)C(C)(C)c3cc(C5CCCCC5)ccc3-4)c3ccc4c(c3)sc3ccccc34)cc21. The molecule has 3 fully saturated rings. The van der Waals surface area contributed by atoms with Gasteiger partial charge in [-0.25, -0.2) is 0 Å². The molecular weight excluding hydrogens is 1320 g/mol. The maximum atomic E-state index is 2.58. The normalized spacial score (nSPS) is 17.8. The van der Waals surface area contributed by atoms with Gasteiger partial charge in [-0.2, -0.15) is 0 Å². The van der Waals surface area contributed by atoms with Crippen LogP contribution in [0, 0.1) is 0 Å². The molecule has 2 aromatic heterocycles. The minimum Gasteiger partial charge on any atom is -0.310 e. The van der Waals surface area contributed by atoms with E-state index in [4.69, 9.17) is 0 Å². The molecule has 12 aromatic carbocycles. The molecule has 0 radical (unpaired) electrons. The van der Waals surface area contributed by atoms with Crippen LogP contribution < -0.4 is 9.80 Å². The number of hydrogen-bond acceptors (Lipinski definition) is 4. The number of benzene rings is 12. The molecule has 4 heteroatoms. The van der Waals surface area contributed by atoms with E-state index in [1.54, 1.807) is 16.7 Å². The summed E-state index contributed by atoms with van der Waals surface area (Å²) in [6, 6.07) is 92.3. The first-order valence-electron chi connectivity index (χ1n) is 40.1. The molecule has 0 amide bonds. The molecule has 14 aromatic rings. The second-order valence-electron chi connectivity index (χ2n) is 34.6. The van der Waals surface area contributed by atoms with Crippen LogP contribution in [0.4, 0.5) is 34.1 Å². The molecule has 3 saturated carbocycles. The van der Waals surface area contributed by atoms with E-state index in [1.807, 2.05) is 22.7 Å². The van der Waals surface area contributed by atoms with Gasteiger partial charge < -0.3 is 9.80 Å². The molecule has 526 valence electrons. The lowest BCUT2D eigenvalue weighted by Crippen LogP contribution is -2.18. The maximum Gasteiger partial charge on any atom is 0.0476 e. The van der Waals surface area contributed by atoms with E-state index in [2.05, 4.69) is 302 Å². The van der Waals surface area contributed by atoms with Gasteiger partial charge in [0.05, 0.1) is 0 Å². The Morgan fingerprint density at radius 3 is 0.830 bits per heavy atom. The summed E-state index contributed by atoms with van der Waals surface area (Å²) in [6.07, 6.45) is 20.4. The monoisotopic (exact) mass is 1410 g/mol. The average molecular weight is 1410 g/mol. The van der Waals surface area contributed by atoms with Crippen LogP contribution in [-0.4, -0.2) is 0 Å². The fraction of sp³-hybridized carbons (Fsp3) is 0.294. The predicted octanol–water partition coefficient (Wildman–Crippen LogP) is 30.4. The summed E-state index contributed by atoms with van der Waals surface area (Å²) in [7, 11) is 0. The molecule has 0 aliphatic heterocycles. The van der Waals surface area contributed by atoms with Crippen molar-refractivity contribution in [2.45, 2.75) is 191 Å². The van der Waals surface area contributed by atoms with Gasteiger partial charge in [-0.15, -0.1) is 22.7 Å². The maximum absolute atomic E-state index is 2.58. The fourth-order valence-electron chi connectivity index (χ4n) is 21.1. The van der Waals surface area contributed by atoms with E-state index in [-0.39, 0.29) is 21.7 Å². The Morgan fingerprint density at radius 1 is 0.226 bits per heavy atom. The van der Waals surface area contributed by atoms with Crippen molar-refractivity contribution in [3.05, 3.63) is 298 Å². The predicted molar refractivity (Wildman–Crippen MR) is 456 cm³/mol. The Morgan fingerprint density at radius 2 is 0.481 bits per heavy atom. The smallest absolute Gasteiger partial charge is 0.0476 e. The molecule has 0 spiro atoms. The van der Waals surface area contributed by atoms with Crippen molar-refractivity contribution in [1.29, 1.82) is 0 Å². The van der Waals surface area contributed by atoms with Crippen LogP contribution in [0.3, 0.4) is 0 Å². The highest BCUT2D eigenvalue weighted by Crippen LogP contribution is 2.58. The lowest BCUT2D eigenvalue weighted by atomic mass is 9.78. The van der Waals surface area contributed by atoms with Crippen molar-refractivity contribution >= 4 is 97.1 Å². The van der Waals surface area contributed by atoms with Crippen molar-refractivity contribution in [2.24, 2.45) is 0 Å². The number of thiophene rings is 2. The minimum atomic E-state index is -0.0793. The van der Waals surface area contributed by atoms with E-state index in [0.717, 1.165) is 0 Å². The number of nitrogens with zero attached hydrogens (tertiary/aromatic N) is 2. The van der Waals surface area contributed by atoms with E-state index >= 15 is 0 Å². The van der Waals surface area contributed by atoms with E-state index in [0.29, 0.717) is 17.8 Å². The lowest BCUT2D eigenvalue weighted by molar-refractivity contribution is 0.443. The Labute approximate surface area is 635 Å². The van der Waals surface area contributed by atoms with Gasteiger partial charge in [0, 0.05) is 96.1 Å². The molecular formula is C102H96N2S2. The zero-order valence-corrected chi connectivity index (χ0v) is 64.7. The molecule has 0 unspecified atom stereocenters. The highest BCUT2D eigenvalue weighted by atomic mass is 32.1. The van der Waals surface area contributed by atoms with Gasteiger partial charge in [0.15, 0.2) is 0 Å². The zero-order chi connectivity index (χ0) is 71.5. The second kappa shape index (κ2) is 25.1. The van der Waals surface area contributed by atoms with Crippen LogP contribution in [0.2, 0.25) is 0 Å². The van der Waals surface area contributed by atoms with Crippen LogP contribution in [0.1, 0.15) is 231 Å². The Balaban J connectivity index is 0.000000141. The standard InChI is InChI=1S/C54H53NS.C48H43NS/c1-53(2)47-29-36(34-13-7-5-8-14-34)19-24-41(47)43-26-21-38(31-49(43)53)55(40-23-28-46-45-17-11-12-18-51(45)56-52(46)33-40)39-22-27-44-42-25-20-37(35-15-9-6-10-16-35)30-48(42)54(3,4)50(44)32-39;1-47(2)41-16-10-8-14-35(41)37-23-19-32(27-43(37)47)49(34-21-25-40-39-15-9-11-17-45(39)50-46(40)29-34)33-20-24-38-36-22-18-31(30-12-6-5-7-13-30)26-42(36)48(3,4)44(38)28-33/h11-12,17-35H,5-10,13-16H2,1-4H3;8-11,14-30H,5-7,12-13H2,1-4H3. The first-order chi connectivity index (χ1) is 51.5. The summed E-state index contributed by atoms with van der Waals surface area (Å²) >= 11 is 3.80. The summed E-state index contributed by atoms with van der Waals surface area (Å²) < 4.78 is 5.35. The Bertz CT molecular complexity index is 5760. The van der Waals surface area contributed by atoms with Gasteiger partial charge in [-0.05, 0) is 247 Å². The highest BCUT2D eigenvalue weighted by Gasteiger charge is 2.42. The summed E-state index contributed by atoms with van der Waals surface area (Å²) in [6.45, 7) is 19.5. The van der Waals surface area contributed by atoms with Crippen LogP contribution in [0.15, 0.2) is 237 Å². The second-order valence-corrected chi connectivity index (χ2v) is 36.8. The molecule has 2 heterocycles. The molecule has 7 aliphatic carbocycles. The van der Waals surface area contributed by atoms with E-state index in [1.165, 1.54) is 260 Å². The van der Waals surface area contributed by atoms with Crippen molar-refractivity contribution in [3.63, 3.8) is 0 Å². The van der Waals surface area contributed by atoms with Crippen LogP contribution in [-0.2, 0) is 21.7 Å². The fourth-order valence-corrected chi connectivity index (χ4v) is 23.4. The van der Waals surface area contributed by atoms with Crippen molar-refractivity contribution in [1.82, 2.24) is 0 Å². The quantitative estimate of drug-likeness (QED) is 0.142. The Kier molecular flexibility index (Phi) is 15.7. The molecule has 0 atom stereocenters. The van der Waals surface area contributed by atoms with Crippen LogP contribution in [0.25, 0.3) is 84.9 Å². The summed E-state index contributed by atoms with van der Waals surface area (Å²) in [5.74, 6) is 2.12. The minimum absolute atomic E-state index is 0.0688. The van der Waals surface area contributed by atoms with Crippen molar-refractivity contribution in [2.75, 3.05) is 9.80 Å². The molecule has 7 aliphatic rings. The molecule has 0 saturated heterocycles. The molecule has 0 N–H and O–H groups in total. The number of rotatable bonds is 9. The van der Waals surface area contributed by atoms with Gasteiger partial charge >= 0.3 is 0 Å². The van der Waals surface area contributed by atoms with Crippen molar-refractivity contribution < 1.29 is 0 Å². The topological polar surface area (TPSA) is 6.48 Å². The van der Waals surface area contributed by atoms with Gasteiger partial charge in [-0.3, -0.25) is 0 Å². The van der Waals surface area contributed by atoms with Crippen LogP contribution >= 0.6 is 22.7 Å². The number of anilines is 6.